The molecule has 0 aliphatic heterocycles. The molecule has 1 atom stereocenters. The predicted molar refractivity (Wildman–Crippen MR) is 68.2 cm³/mol. The summed E-state index contributed by atoms with van der Waals surface area (Å²) in [5.41, 5.74) is 1.58. The fraction of sp³-hybridized carbons (Fsp3) is 0.182. The standard InChI is InChI=1S/C11H9Cl2NOS/c1-6(15)10-5-16-11(14-10)7-2-3-8(12)9(13)4-7/h2-6,15H,1H3. The first-order chi connectivity index (χ1) is 7.58. The highest BCUT2D eigenvalue weighted by Crippen LogP contribution is 2.31. The molecule has 0 radical (unpaired) electrons. The van der Waals surface area contributed by atoms with Crippen LogP contribution in [0.5, 0.6) is 0 Å². The molecular weight excluding hydrogens is 265 g/mol. The Morgan fingerprint density at radius 2 is 2.06 bits per heavy atom. The van der Waals surface area contributed by atoms with E-state index < -0.39 is 6.10 Å². The van der Waals surface area contributed by atoms with Gasteiger partial charge < -0.3 is 5.11 Å². The number of aliphatic hydroxyl groups excluding tert-OH is 1. The van der Waals surface area contributed by atoms with Crippen LogP contribution in [0.4, 0.5) is 0 Å². The number of halogens is 2. The molecule has 2 rings (SSSR count). The van der Waals surface area contributed by atoms with Crippen LogP contribution >= 0.6 is 34.5 Å². The van der Waals surface area contributed by atoms with Crippen molar-refractivity contribution in [2.24, 2.45) is 0 Å². The second kappa shape index (κ2) is 4.72. The van der Waals surface area contributed by atoms with E-state index >= 15 is 0 Å². The van der Waals surface area contributed by atoms with Gasteiger partial charge in [0.15, 0.2) is 0 Å². The molecule has 1 aromatic carbocycles. The molecular formula is C11H9Cl2NOS. The number of aromatic nitrogens is 1. The maximum atomic E-state index is 9.38. The van der Waals surface area contributed by atoms with Crippen molar-refractivity contribution in [2.45, 2.75) is 13.0 Å². The molecule has 1 N–H and O–H groups in total. The van der Waals surface area contributed by atoms with Gasteiger partial charge in [-0.3, -0.25) is 0 Å². The van der Waals surface area contributed by atoms with Crippen LogP contribution in [0.25, 0.3) is 10.6 Å². The molecule has 0 fully saturated rings. The van der Waals surface area contributed by atoms with Gasteiger partial charge in [-0.05, 0) is 19.1 Å². The lowest BCUT2D eigenvalue weighted by molar-refractivity contribution is 0.195. The average Bonchev–Trinajstić information content (AvgIpc) is 2.71. The van der Waals surface area contributed by atoms with Crippen molar-refractivity contribution in [3.8, 4) is 10.6 Å². The zero-order chi connectivity index (χ0) is 11.7. The molecule has 0 spiro atoms. The van der Waals surface area contributed by atoms with Gasteiger partial charge in [0.25, 0.3) is 0 Å². The number of aliphatic hydroxyl groups is 1. The summed E-state index contributed by atoms with van der Waals surface area (Å²) >= 11 is 13.2. The predicted octanol–water partition coefficient (Wildman–Crippen LogP) is 4.17. The first-order valence-electron chi connectivity index (χ1n) is 4.67. The van der Waals surface area contributed by atoms with Gasteiger partial charge in [-0.1, -0.05) is 29.3 Å². The fourth-order valence-corrected chi connectivity index (χ4v) is 2.44. The quantitative estimate of drug-likeness (QED) is 0.891. The zero-order valence-electron chi connectivity index (χ0n) is 8.45. The van der Waals surface area contributed by atoms with Gasteiger partial charge in [0.2, 0.25) is 0 Å². The van der Waals surface area contributed by atoms with Crippen molar-refractivity contribution >= 4 is 34.5 Å². The van der Waals surface area contributed by atoms with E-state index in [0.29, 0.717) is 15.7 Å². The normalized spacial score (nSPS) is 12.8. The minimum atomic E-state index is -0.548. The van der Waals surface area contributed by atoms with E-state index in [1.165, 1.54) is 11.3 Å². The molecule has 2 aromatic rings. The molecule has 0 amide bonds. The Hall–Kier alpha value is -0.610. The van der Waals surface area contributed by atoms with Crippen molar-refractivity contribution < 1.29 is 5.11 Å². The van der Waals surface area contributed by atoms with Gasteiger partial charge >= 0.3 is 0 Å². The van der Waals surface area contributed by atoms with E-state index in [2.05, 4.69) is 4.98 Å². The third-order valence-electron chi connectivity index (χ3n) is 2.12. The van der Waals surface area contributed by atoms with Gasteiger partial charge in [-0.15, -0.1) is 11.3 Å². The summed E-state index contributed by atoms with van der Waals surface area (Å²) in [7, 11) is 0. The molecule has 0 bridgehead atoms. The van der Waals surface area contributed by atoms with E-state index in [1.807, 2.05) is 11.4 Å². The molecule has 2 nitrogen and oxygen atoms in total. The van der Waals surface area contributed by atoms with Crippen molar-refractivity contribution in [3.05, 3.63) is 39.3 Å². The van der Waals surface area contributed by atoms with Crippen LogP contribution in [0.2, 0.25) is 10.0 Å². The van der Waals surface area contributed by atoms with Crippen molar-refractivity contribution in [1.82, 2.24) is 4.98 Å². The minimum absolute atomic E-state index is 0.507. The topological polar surface area (TPSA) is 33.1 Å². The van der Waals surface area contributed by atoms with Crippen molar-refractivity contribution in [2.75, 3.05) is 0 Å². The third-order valence-corrected chi connectivity index (χ3v) is 3.77. The summed E-state index contributed by atoms with van der Waals surface area (Å²) in [6, 6.07) is 5.37. The maximum Gasteiger partial charge on any atom is 0.123 e. The highest BCUT2D eigenvalue weighted by atomic mass is 35.5. The minimum Gasteiger partial charge on any atom is -0.387 e. The van der Waals surface area contributed by atoms with Crippen LogP contribution in [-0.2, 0) is 0 Å². The average molecular weight is 274 g/mol. The van der Waals surface area contributed by atoms with E-state index in [-0.39, 0.29) is 0 Å². The van der Waals surface area contributed by atoms with Crippen LogP contribution in [0.1, 0.15) is 18.7 Å². The lowest BCUT2D eigenvalue weighted by Crippen LogP contribution is -1.90. The molecule has 84 valence electrons. The molecule has 1 unspecified atom stereocenters. The maximum absolute atomic E-state index is 9.38. The molecule has 0 aliphatic rings. The molecule has 1 aromatic heterocycles. The number of thiazole rings is 1. The Bertz CT molecular complexity index is 510. The Morgan fingerprint density at radius 3 is 2.62 bits per heavy atom. The fourth-order valence-electron chi connectivity index (χ4n) is 1.24. The molecule has 16 heavy (non-hydrogen) atoms. The lowest BCUT2D eigenvalue weighted by Gasteiger charge is -2.00. The largest absolute Gasteiger partial charge is 0.387 e. The molecule has 0 aliphatic carbocycles. The Balaban J connectivity index is 2.39. The number of rotatable bonds is 2. The van der Waals surface area contributed by atoms with Crippen LogP contribution < -0.4 is 0 Å². The van der Waals surface area contributed by atoms with E-state index in [1.54, 1.807) is 19.1 Å². The van der Waals surface area contributed by atoms with Crippen LogP contribution in [0, 0.1) is 0 Å². The van der Waals surface area contributed by atoms with Crippen molar-refractivity contribution in [1.29, 1.82) is 0 Å². The first-order valence-corrected chi connectivity index (χ1v) is 6.30. The Labute approximate surface area is 107 Å². The third kappa shape index (κ3) is 2.38. The summed E-state index contributed by atoms with van der Waals surface area (Å²) in [4.78, 5) is 4.32. The summed E-state index contributed by atoms with van der Waals surface area (Å²) < 4.78 is 0. The molecule has 0 saturated heterocycles. The van der Waals surface area contributed by atoms with Crippen LogP contribution in [-0.4, -0.2) is 10.1 Å². The van der Waals surface area contributed by atoms with Gasteiger partial charge in [0.05, 0.1) is 21.8 Å². The Kier molecular flexibility index (Phi) is 3.50. The summed E-state index contributed by atoms with van der Waals surface area (Å²) in [5, 5.41) is 13.1. The van der Waals surface area contributed by atoms with Crippen molar-refractivity contribution in [3.63, 3.8) is 0 Å². The molecule has 1 heterocycles. The summed E-state index contributed by atoms with van der Waals surface area (Å²) in [6.07, 6.45) is -0.548. The van der Waals surface area contributed by atoms with E-state index in [4.69, 9.17) is 23.2 Å². The number of hydrogen-bond donors (Lipinski definition) is 1. The number of benzene rings is 1. The van der Waals surface area contributed by atoms with Gasteiger partial charge in [-0.25, -0.2) is 4.98 Å². The highest BCUT2D eigenvalue weighted by molar-refractivity contribution is 7.13. The Morgan fingerprint density at radius 1 is 1.31 bits per heavy atom. The number of hydrogen-bond acceptors (Lipinski definition) is 3. The summed E-state index contributed by atoms with van der Waals surface area (Å²) in [6.45, 7) is 1.69. The van der Waals surface area contributed by atoms with Gasteiger partial charge in [-0.2, -0.15) is 0 Å². The van der Waals surface area contributed by atoms with Crippen LogP contribution in [0.3, 0.4) is 0 Å². The van der Waals surface area contributed by atoms with E-state index in [0.717, 1.165) is 10.6 Å². The molecule has 0 saturated carbocycles. The first kappa shape index (κ1) is 11.9. The number of nitrogens with zero attached hydrogens (tertiary/aromatic N) is 1. The highest BCUT2D eigenvalue weighted by Gasteiger charge is 2.09. The van der Waals surface area contributed by atoms with Gasteiger partial charge in [0, 0.05) is 10.9 Å². The summed E-state index contributed by atoms with van der Waals surface area (Å²) in [5.74, 6) is 0. The monoisotopic (exact) mass is 273 g/mol. The zero-order valence-corrected chi connectivity index (χ0v) is 10.8. The van der Waals surface area contributed by atoms with E-state index in [9.17, 15) is 5.11 Å². The molecule has 5 heteroatoms. The second-order valence-corrected chi connectivity index (χ2v) is 5.05. The SMILES string of the molecule is CC(O)c1csc(-c2ccc(Cl)c(Cl)c2)n1. The smallest absolute Gasteiger partial charge is 0.123 e. The van der Waals surface area contributed by atoms with Gasteiger partial charge in [0.1, 0.15) is 5.01 Å². The lowest BCUT2D eigenvalue weighted by atomic mass is 10.2. The second-order valence-electron chi connectivity index (χ2n) is 3.38. The van der Waals surface area contributed by atoms with Crippen LogP contribution in [0.15, 0.2) is 23.6 Å².